The molecule has 2 N–H and O–H groups in total. The van der Waals surface area contributed by atoms with Crippen molar-refractivity contribution in [3.63, 3.8) is 0 Å². The Morgan fingerprint density at radius 1 is 1.23 bits per heavy atom. The molecular formula is C17H24IN3S. The first-order chi connectivity index (χ1) is 10.2. The van der Waals surface area contributed by atoms with Gasteiger partial charge in [-0.15, -0.1) is 35.3 Å². The molecule has 1 heterocycles. The zero-order valence-electron chi connectivity index (χ0n) is 13.3. The van der Waals surface area contributed by atoms with Crippen LogP contribution in [0, 0.1) is 6.92 Å². The Balaban J connectivity index is 0.00000242. The number of hydrogen-bond donors (Lipinski definition) is 2. The highest BCUT2D eigenvalue weighted by Crippen LogP contribution is 2.19. The van der Waals surface area contributed by atoms with Crippen molar-refractivity contribution < 1.29 is 0 Å². The van der Waals surface area contributed by atoms with Gasteiger partial charge in [0.2, 0.25) is 0 Å². The summed E-state index contributed by atoms with van der Waals surface area (Å²) >= 11 is 1.80. The summed E-state index contributed by atoms with van der Waals surface area (Å²) in [6, 6.07) is 12.8. The van der Waals surface area contributed by atoms with Gasteiger partial charge in [-0.3, -0.25) is 4.99 Å². The van der Waals surface area contributed by atoms with Crippen LogP contribution in [-0.2, 0) is 6.54 Å². The maximum absolute atomic E-state index is 4.28. The van der Waals surface area contributed by atoms with Crippen LogP contribution in [0.25, 0.3) is 0 Å². The Morgan fingerprint density at radius 3 is 2.68 bits per heavy atom. The van der Waals surface area contributed by atoms with E-state index in [4.69, 9.17) is 0 Å². The van der Waals surface area contributed by atoms with E-state index in [0.717, 1.165) is 19.0 Å². The fourth-order valence-corrected chi connectivity index (χ4v) is 2.94. The van der Waals surface area contributed by atoms with Crippen LogP contribution >= 0.6 is 35.3 Å². The van der Waals surface area contributed by atoms with Crippen molar-refractivity contribution in [2.24, 2.45) is 4.99 Å². The van der Waals surface area contributed by atoms with Crippen molar-refractivity contribution in [1.29, 1.82) is 0 Å². The molecule has 0 aliphatic rings. The minimum Gasteiger partial charge on any atom is -0.356 e. The van der Waals surface area contributed by atoms with E-state index >= 15 is 0 Å². The van der Waals surface area contributed by atoms with Crippen LogP contribution < -0.4 is 10.6 Å². The van der Waals surface area contributed by atoms with Crippen LogP contribution in [0.4, 0.5) is 0 Å². The maximum atomic E-state index is 4.28. The average molecular weight is 429 g/mol. The molecule has 2 rings (SSSR count). The summed E-state index contributed by atoms with van der Waals surface area (Å²) < 4.78 is 0. The van der Waals surface area contributed by atoms with E-state index in [1.165, 1.54) is 16.0 Å². The largest absolute Gasteiger partial charge is 0.356 e. The number of nitrogens with one attached hydrogen (secondary N) is 2. The van der Waals surface area contributed by atoms with Crippen molar-refractivity contribution in [2.45, 2.75) is 26.3 Å². The highest BCUT2D eigenvalue weighted by atomic mass is 127. The topological polar surface area (TPSA) is 36.4 Å². The molecule has 0 radical (unpaired) electrons. The van der Waals surface area contributed by atoms with Crippen molar-refractivity contribution >= 4 is 41.3 Å². The number of rotatable bonds is 5. The lowest BCUT2D eigenvalue weighted by Gasteiger charge is -2.15. The summed E-state index contributed by atoms with van der Waals surface area (Å²) in [7, 11) is 1.81. The quantitative estimate of drug-likeness (QED) is 0.426. The lowest BCUT2D eigenvalue weighted by Crippen LogP contribution is -2.38. The second kappa shape index (κ2) is 9.84. The zero-order valence-corrected chi connectivity index (χ0v) is 16.4. The molecule has 0 spiro atoms. The Hall–Kier alpha value is -1.08. The van der Waals surface area contributed by atoms with Gasteiger partial charge in [0, 0.05) is 30.9 Å². The Bertz CT molecular complexity index is 581. The number of guanidine groups is 1. The van der Waals surface area contributed by atoms with E-state index in [-0.39, 0.29) is 24.0 Å². The molecule has 0 amide bonds. The van der Waals surface area contributed by atoms with Gasteiger partial charge in [0.1, 0.15) is 0 Å². The monoisotopic (exact) mass is 429 g/mol. The highest BCUT2D eigenvalue weighted by molar-refractivity contribution is 14.0. The van der Waals surface area contributed by atoms with Crippen LogP contribution in [0.1, 0.15) is 28.8 Å². The van der Waals surface area contributed by atoms with Crippen LogP contribution in [0.15, 0.2) is 46.8 Å². The number of aliphatic imine (C=N–C) groups is 1. The molecular weight excluding hydrogens is 405 g/mol. The molecule has 0 saturated heterocycles. The highest BCUT2D eigenvalue weighted by Gasteiger charge is 2.07. The van der Waals surface area contributed by atoms with Gasteiger partial charge in [0.15, 0.2) is 5.96 Å². The fourth-order valence-electron chi connectivity index (χ4n) is 2.15. The number of halogens is 1. The third kappa shape index (κ3) is 5.96. The van der Waals surface area contributed by atoms with Crippen molar-refractivity contribution in [3.05, 3.63) is 57.8 Å². The molecule has 1 aromatic carbocycles. The van der Waals surface area contributed by atoms with Gasteiger partial charge in [-0.25, -0.2) is 0 Å². The standard InChI is InChI=1S/C17H23N3S.HI/c1-13-6-4-7-15(10-13)12-20-17(18-3)19-11-14(2)16-8-5-9-21-16;/h4-10,14H,11-12H2,1-3H3,(H2,18,19,20);1H. The first kappa shape index (κ1) is 19.0. The van der Waals surface area contributed by atoms with Gasteiger partial charge in [-0.05, 0) is 23.9 Å². The van der Waals surface area contributed by atoms with Gasteiger partial charge >= 0.3 is 0 Å². The van der Waals surface area contributed by atoms with Crippen molar-refractivity contribution in [2.75, 3.05) is 13.6 Å². The summed E-state index contributed by atoms with van der Waals surface area (Å²) in [5.41, 5.74) is 2.55. The molecule has 0 fully saturated rings. The third-order valence-electron chi connectivity index (χ3n) is 3.37. The average Bonchev–Trinajstić information content (AvgIpc) is 3.01. The van der Waals surface area contributed by atoms with Gasteiger partial charge in [0.25, 0.3) is 0 Å². The summed E-state index contributed by atoms with van der Waals surface area (Å²) in [5, 5.41) is 8.87. The van der Waals surface area contributed by atoms with Crippen LogP contribution in [0.3, 0.4) is 0 Å². The lowest BCUT2D eigenvalue weighted by atomic mass is 10.1. The van der Waals surface area contributed by atoms with E-state index in [0.29, 0.717) is 5.92 Å². The Labute approximate surface area is 154 Å². The molecule has 5 heteroatoms. The second-order valence-electron chi connectivity index (χ2n) is 5.21. The molecule has 0 bridgehead atoms. The molecule has 1 atom stereocenters. The minimum atomic E-state index is 0. The van der Waals surface area contributed by atoms with E-state index < -0.39 is 0 Å². The summed E-state index contributed by atoms with van der Waals surface area (Å²) in [6.45, 7) is 6.01. The normalized spacial score (nSPS) is 12.4. The Morgan fingerprint density at radius 2 is 2.05 bits per heavy atom. The maximum Gasteiger partial charge on any atom is 0.191 e. The first-order valence-corrected chi connectivity index (χ1v) is 8.10. The number of benzene rings is 1. The van der Waals surface area contributed by atoms with E-state index in [9.17, 15) is 0 Å². The number of nitrogens with zero attached hydrogens (tertiary/aromatic N) is 1. The fraction of sp³-hybridized carbons (Fsp3) is 0.353. The van der Waals surface area contributed by atoms with Crippen LogP contribution in [0.2, 0.25) is 0 Å². The summed E-state index contributed by atoms with van der Waals surface area (Å²) in [4.78, 5) is 5.68. The third-order valence-corrected chi connectivity index (χ3v) is 4.47. The lowest BCUT2D eigenvalue weighted by molar-refractivity contribution is 0.708. The number of aryl methyl sites for hydroxylation is 1. The molecule has 1 unspecified atom stereocenters. The van der Waals surface area contributed by atoms with E-state index in [2.05, 4.69) is 71.3 Å². The van der Waals surface area contributed by atoms with Crippen LogP contribution in [0.5, 0.6) is 0 Å². The predicted molar refractivity (Wildman–Crippen MR) is 108 cm³/mol. The number of hydrogen-bond acceptors (Lipinski definition) is 2. The SMILES string of the molecule is CN=C(NCc1cccc(C)c1)NCC(C)c1cccs1.I. The summed E-state index contributed by atoms with van der Waals surface area (Å²) in [6.07, 6.45) is 0. The molecule has 2 aromatic rings. The van der Waals surface area contributed by atoms with Gasteiger partial charge < -0.3 is 10.6 Å². The zero-order chi connectivity index (χ0) is 15.1. The van der Waals surface area contributed by atoms with Gasteiger partial charge in [-0.2, -0.15) is 0 Å². The van der Waals surface area contributed by atoms with Gasteiger partial charge in [0.05, 0.1) is 0 Å². The predicted octanol–water partition coefficient (Wildman–Crippen LogP) is 4.14. The molecule has 0 aliphatic carbocycles. The molecule has 22 heavy (non-hydrogen) atoms. The Kier molecular flexibility index (Phi) is 8.48. The van der Waals surface area contributed by atoms with Crippen LogP contribution in [-0.4, -0.2) is 19.6 Å². The summed E-state index contributed by atoms with van der Waals surface area (Å²) in [5.74, 6) is 1.34. The smallest absolute Gasteiger partial charge is 0.191 e. The molecule has 120 valence electrons. The molecule has 1 aromatic heterocycles. The van der Waals surface area contributed by atoms with Crippen molar-refractivity contribution in [1.82, 2.24) is 10.6 Å². The van der Waals surface area contributed by atoms with E-state index in [1.54, 1.807) is 18.4 Å². The molecule has 3 nitrogen and oxygen atoms in total. The second-order valence-corrected chi connectivity index (χ2v) is 6.19. The molecule has 0 saturated carbocycles. The number of thiophene rings is 1. The molecule has 0 aliphatic heterocycles. The van der Waals surface area contributed by atoms with E-state index in [1.807, 2.05) is 0 Å². The van der Waals surface area contributed by atoms with Crippen molar-refractivity contribution in [3.8, 4) is 0 Å². The first-order valence-electron chi connectivity index (χ1n) is 7.22. The minimum absolute atomic E-state index is 0. The van der Waals surface area contributed by atoms with Gasteiger partial charge in [-0.1, -0.05) is 42.8 Å².